The van der Waals surface area contributed by atoms with Crippen molar-refractivity contribution in [1.82, 2.24) is 29.6 Å². The first-order chi connectivity index (χ1) is 22.9. The number of nitrogens with zero attached hydrogens (tertiary/aromatic N) is 6. The molecule has 0 saturated carbocycles. The van der Waals surface area contributed by atoms with Gasteiger partial charge in [0.1, 0.15) is 11.9 Å². The first-order valence-electron chi connectivity index (χ1n) is 15.0. The number of fused-ring (bicyclic) bond motifs is 4. The number of aromatic nitrogens is 5. The van der Waals surface area contributed by atoms with Gasteiger partial charge in [-0.1, -0.05) is 18.2 Å². The van der Waals surface area contributed by atoms with E-state index in [4.69, 9.17) is 19.1 Å². The Morgan fingerprint density at radius 2 is 1.85 bits per heavy atom. The Hall–Kier alpha value is -6.16. The average molecular weight is 630 g/mol. The molecular weight excluding hydrogens is 605 g/mol. The van der Waals surface area contributed by atoms with Crippen LogP contribution in [0.5, 0.6) is 0 Å². The van der Waals surface area contributed by atoms with Gasteiger partial charge in [0, 0.05) is 18.3 Å². The van der Waals surface area contributed by atoms with Crippen LogP contribution in [-0.4, -0.2) is 42.1 Å². The Labute approximate surface area is 264 Å². The minimum absolute atomic E-state index is 0.0275. The summed E-state index contributed by atoms with van der Waals surface area (Å²) in [6.07, 6.45) is 3.93. The first-order valence-corrected chi connectivity index (χ1v) is 15.0. The lowest BCUT2D eigenvalue weighted by molar-refractivity contribution is 0.0776. The van der Waals surface area contributed by atoms with E-state index in [0.717, 1.165) is 18.4 Å². The number of rotatable bonds is 7. The van der Waals surface area contributed by atoms with Crippen LogP contribution in [-0.2, 0) is 19.4 Å². The second-order valence-corrected chi connectivity index (χ2v) is 11.6. The predicted octanol–water partition coefficient (Wildman–Crippen LogP) is 4.53. The van der Waals surface area contributed by atoms with Gasteiger partial charge in [-0.05, 0) is 73.2 Å². The van der Waals surface area contributed by atoms with Gasteiger partial charge in [-0.2, -0.15) is 5.26 Å². The lowest BCUT2D eigenvalue weighted by atomic mass is 9.89. The lowest BCUT2D eigenvalue weighted by Crippen LogP contribution is -2.23. The van der Waals surface area contributed by atoms with Crippen LogP contribution in [0.15, 0.2) is 79.2 Å². The van der Waals surface area contributed by atoms with Gasteiger partial charge >= 0.3 is 11.5 Å². The van der Waals surface area contributed by atoms with Crippen molar-refractivity contribution >= 4 is 17.0 Å². The van der Waals surface area contributed by atoms with Crippen molar-refractivity contribution in [2.75, 3.05) is 6.54 Å². The molecule has 47 heavy (non-hydrogen) atoms. The summed E-state index contributed by atoms with van der Waals surface area (Å²) >= 11 is 0. The molecule has 1 atom stereocenters. The number of pyridine rings is 2. The maximum Gasteiger partial charge on any atom is 0.434 e. The van der Waals surface area contributed by atoms with Crippen molar-refractivity contribution < 1.29 is 18.0 Å². The number of carbonyl (C=O) groups is 1. The number of nitriles is 1. The Morgan fingerprint density at radius 3 is 2.60 bits per heavy atom. The molecule has 1 N–H and O–H groups in total. The molecule has 6 heterocycles. The van der Waals surface area contributed by atoms with Crippen molar-refractivity contribution in [2.45, 2.75) is 38.3 Å². The highest BCUT2D eigenvalue weighted by molar-refractivity contribution is 6.08. The van der Waals surface area contributed by atoms with Gasteiger partial charge in [-0.15, -0.1) is 5.10 Å². The van der Waals surface area contributed by atoms with Crippen LogP contribution < -0.4 is 11.5 Å². The normalized spacial score (nSPS) is 15.3. The molecule has 6 aromatic rings. The number of benzene rings is 2. The average Bonchev–Trinajstić information content (AvgIpc) is 3.86. The van der Waals surface area contributed by atoms with Crippen LogP contribution in [0.25, 0.3) is 33.7 Å². The fourth-order valence-corrected chi connectivity index (χ4v) is 6.62. The summed E-state index contributed by atoms with van der Waals surface area (Å²) in [4.78, 5) is 50.3. The zero-order valence-electron chi connectivity index (χ0n) is 24.7. The van der Waals surface area contributed by atoms with E-state index in [2.05, 4.69) is 15.2 Å². The third-order valence-electron chi connectivity index (χ3n) is 8.79. The molecule has 1 amide bonds. The van der Waals surface area contributed by atoms with Gasteiger partial charge in [0.15, 0.2) is 5.58 Å². The zero-order valence-corrected chi connectivity index (χ0v) is 24.7. The number of aryl methyl sites for hydroxylation is 2. The van der Waals surface area contributed by atoms with Gasteiger partial charge in [0.25, 0.3) is 11.8 Å². The zero-order chi connectivity index (χ0) is 32.2. The summed E-state index contributed by atoms with van der Waals surface area (Å²) in [5.41, 5.74) is 5.63. The van der Waals surface area contributed by atoms with Gasteiger partial charge in [-0.25, -0.2) is 19.1 Å². The SMILES string of the molecule is N#Cc1ccc(Cn2c(=O)oc3cc(-c4c5c(nc(CCc6ccc(F)cc6)c4-c4n[nH]c(=O)o4)[C@@H]4CCCN4C5=O)ccc32)nc1. The van der Waals surface area contributed by atoms with E-state index in [9.17, 15) is 18.8 Å². The number of carbonyl (C=O) groups excluding carboxylic acids is 1. The second kappa shape index (κ2) is 11.0. The van der Waals surface area contributed by atoms with Crippen LogP contribution >= 0.6 is 0 Å². The third-order valence-corrected chi connectivity index (χ3v) is 8.79. The standard InChI is InChI=1S/C34H24FN7O5/c35-21-8-3-18(4-9-21)6-11-23-28(31-39-40-33(44)47-31)27(29-30(38-23)25-2-1-13-41(25)32(29)43)20-7-12-24-26(14-20)46-34(45)42(24)17-22-10-5-19(15-36)16-37-22/h3-5,7-10,12,14,16,25H,1-2,6,11,13,17H2,(H,40,44)/t25-/m0/s1. The maximum absolute atomic E-state index is 14.0. The summed E-state index contributed by atoms with van der Waals surface area (Å²) < 4.78 is 26.2. The number of H-pyrrole nitrogens is 1. The molecule has 1 saturated heterocycles. The fraction of sp³-hybridized carbons (Fsp3) is 0.206. The molecule has 12 nitrogen and oxygen atoms in total. The fourth-order valence-electron chi connectivity index (χ4n) is 6.62. The van der Waals surface area contributed by atoms with Crippen LogP contribution in [0.4, 0.5) is 4.39 Å². The molecule has 2 aromatic carbocycles. The Bertz CT molecular complexity index is 2360. The highest BCUT2D eigenvalue weighted by atomic mass is 19.1. The molecule has 0 aliphatic carbocycles. The molecule has 13 heteroatoms. The van der Waals surface area contributed by atoms with Gasteiger partial charge in [-0.3, -0.25) is 19.3 Å². The summed E-state index contributed by atoms with van der Waals surface area (Å²) in [5.74, 6) is -1.91. The van der Waals surface area contributed by atoms with Gasteiger partial charge in [0.05, 0.1) is 51.9 Å². The topological polar surface area (TPSA) is 164 Å². The quantitative estimate of drug-likeness (QED) is 0.267. The molecule has 232 valence electrons. The van der Waals surface area contributed by atoms with Crippen LogP contribution in [0.1, 0.15) is 57.5 Å². The van der Waals surface area contributed by atoms with Gasteiger partial charge < -0.3 is 13.7 Å². The monoisotopic (exact) mass is 629 g/mol. The minimum atomic E-state index is -0.766. The molecule has 2 aliphatic rings. The van der Waals surface area contributed by atoms with Crippen molar-refractivity contribution in [3.8, 4) is 28.7 Å². The number of oxazole rings is 1. The third kappa shape index (κ3) is 4.82. The van der Waals surface area contributed by atoms with Crippen molar-refractivity contribution in [3.05, 3.63) is 121 Å². The number of nitrogens with one attached hydrogen (secondary N) is 1. The van der Waals surface area contributed by atoms with E-state index in [-0.39, 0.29) is 35.8 Å². The summed E-state index contributed by atoms with van der Waals surface area (Å²) in [6.45, 7) is 0.713. The van der Waals surface area contributed by atoms with Crippen LogP contribution in [0.2, 0.25) is 0 Å². The molecule has 8 rings (SSSR count). The van der Waals surface area contributed by atoms with Crippen molar-refractivity contribution in [2.24, 2.45) is 0 Å². The number of aromatic amines is 1. The Kier molecular flexibility index (Phi) is 6.64. The van der Waals surface area contributed by atoms with E-state index >= 15 is 0 Å². The van der Waals surface area contributed by atoms with E-state index in [1.54, 1.807) is 42.5 Å². The number of hydrogen-bond acceptors (Lipinski definition) is 9. The lowest BCUT2D eigenvalue weighted by Gasteiger charge is -2.17. The number of halogens is 1. The van der Waals surface area contributed by atoms with E-state index in [1.807, 2.05) is 11.0 Å². The summed E-state index contributed by atoms with van der Waals surface area (Å²) in [7, 11) is 0. The van der Waals surface area contributed by atoms with E-state index < -0.39 is 11.5 Å². The Morgan fingerprint density at radius 1 is 1.00 bits per heavy atom. The molecule has 0 radical (unpaired) electrons. The molecule has 0 bridgehead atoms. The largest absolute Gasteiger partial charge is 0.434 e. The van der Waals surface area contributed by atoms with Crippen LogP contribution in [0, 0.1) is 17.1 Å². The van der Waals surface area contributed by atoms with E-state index in [1.165, 1.54) is 22.9 Å². The molecule has 2 aliphatic heterocycles. The predicted molar refractivity (Wildman–Crippen MR) is 165 cm³/mol. The molecule has 4 aromatic heterocycles. The molecule has 1 fully saturated rings. The highest BCUT2D eigenvalue weighted by Crippen LogP contribution is 2.48. The summed E-state index contributed by atoms with van der Waals surface area (Å²) in [6, 6.07) is 16.5. The van der Waals surface area contributed by atoms with Crippen LogP contribution in [0.3, 0.4) is 0 Å². The maximum atomic E-state index is 14.0. The number of hydrogen-bond donors (Lipinski definition) is 1. The van der Waals surface area contributed by atoms with Crippen molar-refractivity contribution in [3.63, 3.8) is 0 Å². The second-order valence-electron chi connectivity index (χ2n) is 11.6. The molecule has 0 unspecified atom stereocenters. The van der Waals surface area contributed by atoms with Gasteiger partial charge in [0.2, 0.25) is 0 Å². The smallest absolute Gasteiger partial charge is 0.408 e. The summed E-state index contributed by atoms with van der Waals surface area (Å²) in [5, 5.41) is 15.5. The molecular formula is C34H24FN7O5. The first kappa shape index (κ1) is 28.3. The Balaban J connectivity index is 1.30. The number of amides is 1. The minimum Gasteiger partial charge on any atom is -0.408 e. The molecule has 0 spiro atoms. The highest BCUT2D eigenvalue weighted by Gasteiger charge is 2.44. The van der Waals surface area contributed by atoms with E-state index in [0.29, 0.717) is 69.8 Å². The van der Waals surface area contributed by atoms with Crippen molar-refractivity contribution in [1.29, 1.82) is 5.26 Å².